The van der Waals surface area contributed by atoms with Gasteiger partial charge in [-0.15, -0.1) is 11.8 Å². The molecule has 7 rings (SSSR count). The van der Waals surface area contributed by atoms with Gasteiger partial charge < -0.3 is 39.2 Å². The van der Waals surface area contributed by atoms with Crippen LogP contribution in [0, 0.1) is 13.8 Å². The monoisotopic (exact) mass is 655 g/mol. The molecule has 0 saturated carbocycles. The Morgan fingerprint density at radius 3 is 2.52 bits per heavy atom. The van der Waals surface area contributed by atoms with Crippen LogP contribution in [-0.2, 0) is 25.5 Å². The number of amides is 1. The predicted molar refractivity (Wildman–Crippen MR) is 164 cm³/mol. The number of esters is 2. The SMILES string of the molecule is COc1c(C)cc2c(c1O)[C@@H]1C3[C@@H]4SC[C@@H](NC(C)=O)C(=O)OC[C@H](c5c6c(c(C)c(OC(C)=O)c54)OCO6)N3[C@@H](O)[C@@H](C2)N1C. The Kier molecular flexibility index (Phi) is 7.54. The quantitative estimate of drug-likeness (QED) is 0.327. The van der Waals surface area contributed by atoms with Gasteiger partial charge in [-0.25, -0.2) is 4.79 Å². The maximum absolute atomic E-state index is 13.3. The number of hydrogen-bond acceptors (Lipinski definition) is 13. The molecule has 14 heteroatoms. The summed E-state index contributed by atoms with van der Waals surface area (Å²) in [6.07, 6.45) is -0.567. The largest absolute Gasteiger partial charge is 0.504 e. The van der Waals surface area contributed by atoms with Crippen LogP contribution in [0.3, 0.4) is 0 Å². The van der Waals surface area contributed by atoms with Gasteiger partial charge >= 0.3 is 11.9 Å². The third-order valence-electron chi connectivity index (χ3n) is 9.87. The Labute approximate surface area is 270 Å². The molecule has 0 spiro atoms. The zero-order valence-corrected chi connectivity index (χ0v) is 27.2. The number of methoxy groups -OCH3 is 1. The Hall–Kier alpha value is -3.72. The molecule has 246 valence electrons. The summed E-state index contributed by atoms with van der Waals surface area (Å²) < 4.78 is 29.4. The number of aliphatic hydroxyl groups is 1. The second kappa shape index (κ2) is 11.2. The second-order valence-electron chi connectivity index (χ2n) is 12.5. The number of aromatic hydroxyl groups is 1. The lowest BCUT2D eigenvalue weighted by atomic mass is 9.73. The first kappa shape index (κ1) is 30.9. The number of aliphatic hydroxyl groups excluding tert-OH is 1. The van der Waals surface area contributed by atoms with Gasteiger partial charge in [-0.1, -0.05) is 6.07 Å². The summed E-state index contributed by atoms with van der Waals surface area (Å²) in [7, 11) is 3.45. The Bertz CT molecular complexity index is 1670. The first-order valence-electron chi connectivity index (χ1n) is 15.2. The van der Waals surface area contributed by atoms with Crippen LogP contribution < -0.4 is 24.3 Å². The normalized spacial score (nSPS) is 29.6. The van der Waals surface area contributed by atoms with Crippen molar-refractivity contribution in [1.29, 1.82) is 0 Å². The molecule has 2 aromatic carbocycles. The molecule has 2 fully saturated rings. The minimum atomic E-state index is -1.02. The highest BCUT2D eigenvalue weighted by atomic mass is 32.2. The van der Waals surface area contributed by atoms with Crippen molar-refractivity contribution in [3.8, 4) is 28.7 Å². The van der Waals surface area contributed by atoms with E-state index in [1.54, 1.807) is 6.92 Å². The van der Waals surface area contributed by atoms with Gasteiger partial charge in [0, 0.05) is 47.9 Å². The van der Waals surface area contributed by atoms with Crippen molar-refractivity contribution in [2.75, 3.05) is 33.3 Å². The number of phenols is 1. The highest BCUT2D eigenvalue weighted by molar-refractivity contribution is 7.99. The Morgan fingerprint density at radius 2 is 1.83 bits per heavy atom. The molecular formula is C32H37N3O10S. The smallest absolute Gasteiger partial charge is 0.329 e. The topological polar surface area (TPSA) is 156 Å². The number of likely N-dealkylation sites (N-methyl/N-ethyl adjacent to an activating group) is 1. The van der Waals surface area contributed by atoms with Gasteiger partial charge in [0.2, 0.25) is 12.7 Å². The Balaban J connectivity index is 1.52. The fraction of sp³-hybridized carbons (Fsp3) is 0.531. The van der Waals surface area contributed by atoms with Crippen LogP contribution in [0.4, 0.5) is 0 Å². The molecule has 2 aromatic rings. The molecule has 5 heterocycles. The number of fused-ring (bicyclic) bond motifs is 9. The number of hydrogen-bond donors (Lipinski definition) is 3. The van der Waals surface area contributed by atoms with Crippen molar-refractivity contribution in [3.05, 3.63) is 39.4 Å². The Morgan fingerprint density at radius 1 is 1.09 bits per heavy atom. The number of piperazine rings is 1. The zero-order valence-electron chi connectivity index (χ0n) is 26.4. The van der Waals surface area contributed by atoms with E-state index in [0.29, 0.717) is 51.7 Å². The second-order valence-corrected chi connectivity index (χ2v) is 13.6. The number of cyclic esters (lactones) is 1. The fourth-order valence-corrected chi connectivity index (χ4v) is 9.63. The van der Waals surface area contributed by atoms with Crippen molar-refractivity contribution in [3.63, 3.8) is 0 Å². The van der Waals surface area contributed by atoms with Crippen LogP contribution in [0.1, 0.15) is 64.6 Å². The molecule has 13 nitrogen and oxygen atoms in total. The average Bonchev–Trinajstić information content (AvgIpc) is 3.48. The molecule has 2 saturated heterocycles. The molecule has 3 N–H and O–H groups in total. The number of carbonyl (C=O) groups excluding carboxylic acids is 3. The summed E-state index contributed by atoms with van der Waals surface area (Å²) in [6, 6.07) is -1.08. The number of phenolic OH excluding ortho intramolecular Hbond substituents is 1. The number of ether oxygens (including phenoxy) is 5. The molecule has 5 aliphatic heterocycles. The van der Waals surface area contributed by atoms with Crippen molar-refractivity contribution < 1.29 is 48.3 Å². The molecule has 0 radical (unpaired) electrons. The van der Waals surface area contributed by atoms with Crippen LogP contribution in [0.25, 0.3) is 0 Å². The third-order valence-corrected chi connectivity index (χ3v) is 11.3. The van der Waals surface area contributed by atoms with Gasteiger partial charge in [-0.2, -0.15) is 0 Å². The van der Waals surface area contributed by atoms with Gasteiger partial charge in [0.05, 0.1) is 30.5 Å². The molecule has 4 bridgehead atoms. The molecule has 46 heavy (non-hydrogen) atoms. The van der Waals surface area contributed by atoms with E-state index in [9.17, 15) is 24.6 Å². The summed E-state index contributed by atoms with van der Waals surface area (Å²) in [6.45, 7) is 6.10. The molecule has 1 amide bonds. The minimum absolute atomic E-state index is 0.0342. The van der Waals surface area contributed by atoms with E-state index in [1.807, 2.05) is 24.9 Å². The number of aryl methyl sites for hydroxylation is 1. The van der Waals surface area contributed by atoms with E-state index in [1.165, 1.54) is 32.7 Å². The molecule has 0 aromatic heterocycles. The lowest BCUT2D eigenvalue weighted by Gasteiger charge is -2.62. The number of carbonyl (C=O) groups is 3. The maximum Gasteiger partial charge on any atom is 0.329 e. The van der Waals surface area contributed by atoms with Crippen LogP contribution in [-0.4, -0.2) is 95.5 Å². The van der Waals surface area contributed by atoms with Crippen LogP contribution >= 0.6 is 11.8 Å². The van der Waals surface area contributed by atoms with Crippen molar-refractivity contribution in [2.45, 2.75) is 75.8 Å². The number of thioether (sulfide) groups is 1. The number of benzene rings is 2. The molecule has 5 aliphatic rings. The maximum atomic E-state index is 13.3. The molecular weight excluding hydrogens is 618 g/mol. The van der Waals surface area contributed by atoms with Crippen LogP contribution in [0.15, 0.2) is 6.07 Å². The highest BCUT2D eigenvalue weighted by Gasteiger charge is 2.60. The van der Waals surface area contributed by atoms with Crippen molar-refractivity contribution in [2.24, 2.45) is 0 Å². The van der Waals surface area contributed by atoms with Gasteiger partial charge in [0.25, 0.3) is 0 Å². The lowest BCUT2D eigenvalue weighted by Crippen LogP contribution is -2.69. The van der Waals surface area contributed by atoms with Crippen LogP contribution in [0.2, 0.25) is 0 Å². The van der Waals surface area contributed by atoms with Gasteiger partial charge in [-0.05, 0) is 38.4 Å². The van der Waals surface area contributed by atoms with Gasteiger partial charge in [0.1, 0.15) is 24.6 Å². The van der Waals surface area contributed by atoms with Gasteiger partial charge in [0.15, 0.2) is 23.0 Å². The van der Waals surface area contributed by atoms with E-state index in [4.69, 9.17) is 23.7 Å². The summed E-state index contributed by atoms with van der Waals surface area (Å²) in [5.74, 6) is 0.223. The number of nitrogens with zero attached hydrogens (tertiary/aromatic N) is 2. The molecule has 0 aliphatic carbocycles. The summed E-state index contributed by atoms with van der Waals surface area (Å²) in [5.41, 5.74) is 4.24. The van der Waals surface area contributed by atoms with E-state index in [0.717, 1.165) is 11.1 Å². The summed E-state index contributed by atoms with van der Waals surface area (Å²) >= 11 is 1.38. The van der Waals surface area contributed by atoms with Gasteiger partial charge in [-0.3, -0.25) is 19.4 Å². The van der Waals surface area contributed by atoms with E-state index >= 15 is 0 Å². The first-order valence-corrected chi connectivity index (χ1v) is 16.3. The molecule has 7 atom stereocenters. The van der Waals surface area contributed by atoms with Crippen molar-refractivity contribution in [1.82, 2.24) is 15.1 Å². The third kappa shape index (κ3) is 4.44. The minimum Gasteiger partial charge on any atom is -0.504 e. The van der Waals surface area contributed by atoms with E-state index in [-0.39, 0.29) is 36.9 Å². The summed E-state index contributed by atoms with van der Waals surface area (Å²) in [5, 5.41) is 26.2. The van der Waals surface area contributed by atoms with E-state index in [2.05, 4.69) is 10.2 Å². The zero-order chi connectivity index (χ0) is 32.8. The molecule has 1 unspecified atom stereocenters. The fourth-order valence-electron chi connectivity index (χ4n) is 8.12. The number of rotatable bonds is 3. The number of nitrogens with one attached hydrogen (secondary N) is 1. The van der Waals surface area contributed by atoms with E-state index < -0.39 is 47.6 Å². The first-order chi connectivity index (χ1) is 21.9. The van der Waals surface area contributed by atoms with Crippen molar-refractivity contribution >= 4 is 29.6 Å². The predicted octanol–water partition coefficient (Wildman–Crippen LogP) is 2.16. The standard InChI is InChI=1S/C32H37N3O10S/c1-12-7-16-8-18-31(39)35-19-9-42-32(40)17(33-14(3)36)10-46-30(24(35)23(34(18)5)20(16)25(38)26(12)41-6)22-21(19)29-28(43-11-44-29)13(2)27(22)45-15(4)37/h7,17-19,23-24,30-31,38-39H,8-11H2,1-6H3,(H,33,36)/t17-,18-,19-,23-,24?,30-,31+/m1/s1. The highest BCUT2D eigenvalue weighted by Crippen LogP contribution is 2.63. The average molecular weight is 656 g/mol. The lowest BCUT2D eigenvalue weighted by molar-refractivity contribution is -0.184. The summed E-state index contributed by atoms with van der Waals surface area (Å²) in [4.78, 5) is 42.1. The van der Waals surface area contributed by atoms with Crippen LogP contribution in [0.5, 0.6) is 28.7 Å².